The highest BCUT2D eigenvalue weighted by atomic mass is 15.2. The van der Waals surface area contributed by atoms with Crippen molar-refractivity contribution in [2.24, 2.45) is 0 Å². The van der Waals surface area contributed by atoms with E-state index in [1.165, 1.54) is 11.1 Å². The van der Waals surface area contributed by atoms with Gasteiger partial charge in [0, 0.05) is 21.9 Å². The minimum atomic E-state index is 0.590. The van der Waals surface area contributed by atoms with Crippen LogP contribution in [0.4, 0.5) is 0 Å². The van der Waals surface area contributed by atoms with Crippen LogP contribution < -0.4 is 0 Å². The third-order valence-corrected chi connectivity index (χ3v) is 7.86. The third kappa shape index (κ3) is 4.55. The molecule has 0 saturated heterocycles. The van der Waals surface area contributed by atoms with Crippen LogP contribution in [0.25, 0.3) is 72.8 Å². The third-order valence-electron chi connectivity index (χ3n) is 7.86. The van der Waals surface area contributed by atoms with Crippen molar-refractivity contribution in [2.45, 2.75) is 0 Å². The van der Waals surface area contributed by atoms with Gasteiger partial charge in [-0.25, -0.2) is 4.98 Å². The van der Waals surface area contributed by atoms with Crippen LogP contribution in [0.15, 0.2) is 158 Å². The second kappa shape index (κ2) is 10.5. The summed E-state index contributed by atoms with van der Waals surface area (Å²) in [6.07, 6.45) is 0. The molecule has 6 aromatic carbocycles. The highest BCUT2D eigenvalue weighted by molar-refractivity contribution is 6.10. The zero-order chi connectivity index (χ0) is 28.6. The van der Waals surface area contributed by atoms with Gasteiger partial charge in [-0.1, -0.05) is 133 Å². The first kappa shape index (κ1) is 24.9. The summed E-state index contributed by atoms with van der Waals surface area (Å²) in [6, 6.07) is 54.5. The molecule has 4 nitrogen and oxygen atoms in total. The first-order valence-corrected chi connectivity index (χ1v) is 14.4. The van der Waals surface area contributed by atoms with E-state index in [9.17, 15) is 0 Å². The molecule has 8 aromatic rings. The first-order chi connectivity index (χ1) is 21.3. The Morgan fingerprint density at radius 1 is 0.326 bits per heavy atom. The fourth-order valence-electron chi connectivity index (χ4n) is 5.78. The van der Waals surface area contributed by atoms with E-state index in [0.717, 1.165) is 44.1 Å². The van der Waals surface area contributed by atoms with Crippen molar-refractivity contribution < 1.29 is 0 Å². The number of nitrogens with zero attached hydrogens (tertiary/aromatic N) is 4. The fraction of sp³-hybridized carbons (Fsp3) is 0. The molecular formula is C39H26N4. The maximum absolute atomic E-state index is 5.13. The van der Waals surface area contributed by atoms with Gasteiger partial charge in [0.25, 0.3) is 0 Å². The number of para-hydroxylation sites is 1. The molecular weight excluding hydrogens is 524 g/mol. The molecule has 0 bridgehead atoms. The summed E-state index contributed by atoms with van der Waals surface area (Å²) in [5, 5.41) is 2.32. The van der Waals surface area contributed by atoms with Crippen LogP contribution >= 0.6 is 0 Å². The van der Waals surface area contributed by atoms with Crippen LogP contribution in [-0.2, 0) is 0 Å². The Labute approximate surface area is 249 Å². The van der Waals surface area contributed by atoms with Gasteiger partial charge in [0.15, 0.2) is 11.6 Å². The van der Waals surface area contributed by atoms with Crippen molar-refractivity contribution >= 4 is 21.8 Å². The normalized spacial score (nSPS) is 11.3. The van der Waals surface area contributed by atoms with E-state index in [1.54, 1.807) is 0 Å². The quantitative estimate of drug-likeness (QED) is 0.214. The summed E-state index contributed by atoms with van der Waals surface area (Å²) in [7, 11) is 0. The van der Waals surface area contributed by atoms with Crippen molar-refractivity contribution in [3.63, 3.8) is 0 Å². The molecule has 0 aliphatic rings. The molecule has 0 aliphatic heterocycles. The van der Waals surface area contributed by atoms with Crippen molar-refractivity contribution in [3.8, 4) is 51.0 Å². The summed E-state index contributed by atoms with van der Waals surface area (Å²) in [4.78, 5) is 15.2. The van der Waals surface area contributed by atoms with Crippen molar-refractivity contribution in [2.75, 3.05) is 0 Å². The maximum atomic E-state index is 5.13. The first-order valence-electron chi connectivity index (χ1n) is 14.4. The Kier molecular flexibility index (Phi) is 6.08. The van der Waals surface area contributed by atoms with E-state index in [0.29, 0.717) is 17.6 Å². The molecule has 0 fully saturated rings. The Balaban J connectivity index is 1.37. The Bertz CT molecular complexity index is 2220. The van der Waals surface area contributed by atoms with Gasteiger partial charge in [-0.2, -0.15) is 9.97 Å². The van der Waals surface area contributed by atoms with E-state index >= 15 is 0 Å². The van der Waals surface area contributed by atoms with Crippen molar-refractivity contribution in [1.29, 1.82) is 0 Å². The number of hydrogen-bond donors (Lipinski definition) is 0. The van der Waals surface area contributed by atoms with Gasteiger partial charge < -0.3 is 0 Å². The summed E-state index contributed by atoms with van der Waals surface area (Å²) < 4.78 is 2.16. The van der Waals surface area contributed by atoms with Crippen LogP contribution in [0, 0.1) is 0 Å². The minimum absolute atomic E-state index is 0.590. The van der Waals surface area contributed by atoms with Gasteiger partial charge in [0.05, 0.1) is 11.0 Å². The van der Waals surface area contributed by atoms with Crippen LogP contribution in [0.2, 0.25) is 0 Å². The van der Waals surface area contributed by atoms with E-state index in [1.807, 2.05) is 42.5 Å². The molecule has 2 aromatic heterocycles. The Morgan fingerprint density at radius 2 is 0.837 bits per heavy atom. The molecule has 0 N–H and O–H groups in total. The fourth-order valence-corrected chi connectivity index (χ4v) is 5.78. The molecule has 8 rings (SSSR count). The van der Waals surface area contributed by atoms with E-state index in [2.05, 4.69) is 120 Å². The van der Waals surface area contributed by atoms with Crippen LogP contribution in [0.5, 0.6) is 0 Å². The molecule has 0 amide bonds. The summed E-state index contributed by atoms with van der Waals surface area (Å²) in [6.45, 7) is 0. The summed E-state index contributed by atoms with van der Waals surface area (Å²) in [5.41, 5.74) is 8.62. The van der Waals surface area contributed by atoms with Crippen LogP contribution in [0.1, 0.15) is 0 Å². The van der Waals surface area contributed by atoms with Crippen LogP contribution in [-0.4, -0.2) is 19.5 Å². The van der Waals surface area contributed by atoms with Gasteiger partial charge in [-0.15, -0.1) is 0 Å². The summed E-state index contributed by atoms with van der Waals surface area (Å²) >= 11 is 0. The second-order valence-corrected chi connectivity index (χ2v) is 10.5. The highest BCUT2D eigenvalue weighted by Gasteiger charge is 2.18. The molecule has 0 saturated carbocycles. The minimum Gasteiger partial charge on any atom is -0.278 e. The number of aromatic nitrogens is 4. The topological polar surface area (TPSA) is 43.6 Å². The standard InChI is InChI=1S/C39H26N4/c1-4-13-27(14-5-1)30-19-12-20-32(25-30)38-40-37(29-17-8-3-9-18-29)41-39(42-38)43-35-22-11-10-21-33(35)34-26-31(23-24-36(34)43)28-15-6-2-7-16-28/h1-26H. The lowest BCUT2D eigenvalue weighted by Gasteiger charge is -2.12. The molecule has 0 atom stereocenters. The lowest BCUT2D eigenvalue weighted by molar-refractivity contribution is 0.953. The Hall–Kier alpha value is -5.87. The number of hydrogen-bond acceptors (Lipinski definition) is 3. The van der Waals surface area contributed by atoms with Gasteiger partial charge >= 0.3 is 0 Å². The summed E-state index contributed by atoms with van der Waals surface area (Å²) in [5.74, 6) is 1.86. The molecule has 0 radical (unpaired) electrons. The van der Waals surface area contributed by atoms with Gasteiger partial charge in [-0.3, -0.25) is 4.57 Å². The lowest BCUT2D eigenvalue weighted by atomic mass is 10.0. The molecule has 0 spiro atoms. The molecule has 2 heterocycles. The second-order valence-electron chi connectivity index (χ2n) is 10.5. The SMILES string of the molecule is c1ccc(-c2cccc(-c3nc(-c4ccccc4)nc(-n4c5ccccc5c5cc(-c6ccccc6)ccc54)n3)c2)cc1. The molecule has 0 aliphatic carbocycles. The van der Waals surface area contributed by atoms with E-state index in [-0.39, 0.29) is 0 Å². The molecule has 4 heteroatoms. The number of benzene rings is 6. The van der Waals surface area contributed by atoms with Gasteiger partial charge in [0.1, 0.15) is 0 Å². The average molecular weight is 551 g/mol. The molecule has 0 unspecified atom stereocenters. The molecule has 202 valence electrons. The highest BCUT2D eigenvalue weighted by Crippen LogP contribution is 2.35. The molecule has 43 heavy (non-hydrogen) atoms. The predicted octanol–water partition coefficient (Wildman–Crippen LogP) is 9.64. The van der Waals surface area contributed by atoms with E-state index in [4.69, 9.17) is 15.0 Å². The van der Waals surface area contributed by atoms with Gasteiger partial charge in [-0.05, 0) is 46.5 Å². The van der Waals surface area contributed by atoms with Crippen molar-refractivity contribution in [1.82, 2.24) is 19.5 Å². The average Bonchev–Trinajstić information content (AvgIpc) is 3.43. The maximum Gasteiger partial charge on any atom is 0.238 e. The smallest absolute Gasteiger partial charge is 0.238 e. The predicted molar refractivity (Wildman–Crippen MR) is 176 cm³/mol. The zero-order valence-electron chi connectivity index (χ0n) is 23.3. The monoisotopic (exact) mass is 550 g/mol. The Morgan fingerprint density at radius 3 is 1.53 bits per heavy atom. The van der Waals surface area contributed by atoms with Gasteiger partial charge in [0.2, 0.25) is 5.95 Å². The van der Waals surface area contributed by atoms with Crippen LogP contribution in [0.3, 0.4) is 0 Å². The van der Waals surface area contributed by atoms with Crippen molar-refractivity contribution in [3.05, 3.63) is 158 Å². The number of fused-ring (bicyclic) bond motifs is 3. The zero-order valence-corrected chi connectivity index (χ0v) is 23.3. The largest absolute Gasteiger partial charge is 0.278 e. The lowest BCUT2D eigenvalue weighted by Crippen LogP contribution is -2.06. The van der Waals surface area contributed by atoms with E-state index < -0.39 is 0 Å². The number of rotatable bonds is 5.